The fourth-order valence-electron chi connectivity index (χ4n) is 4.55. The second kappa shape index (κ2) is 10.1. The Labute approximate surface area is 215 Å². The number of nitrogens with zero attached hydrogens (tertiary/aromatic N) is 3. The fourth-order valence-corrected chi connectivity index (χ4v) is 5.77. The van der Waals surface area contributed by atoms with Crippen molar-refractivity contribution in [1.29, 1.82) is 0 Å². The lowest BCUT2D eigenvalue weighted by Crippen LogP contribution is -2.35. The van der Waals surface area contributed by atoms with Crippen LogP contribution in [-0.4, -0.2) is 52.9 Å². The molecule has 2 aliphatic rings. The monoisotopic (exact) mass is 519 g/mol. The van der Waals surface area contributed by atoms with Gasteiger partial charge in [0.05, 0.1) is 25.3 Å². The van der Waals surface area contributed by atoms with Crippen molar-refractivity contribution in [3.63, 3.8) is 0 Å². The number of rotatable bonds is 7. The zero-order valence-corrected chi connectivity index (χ0v) is 20.9. The third-order valence-corrected chi connectivity index (χ3v) is 7.65. The van der Waals surface area contributed by atoms with Crippen LogP contribution in [-0.2, 0) is 24.3 Å². The first-order valence-corrected chi connectivity index (χ1v) is 13.2. The molecule has 10 heteroatoms. The van der Waals surface area contributed by atoms with Gasteiger partial charge in [-0.2, -0.15) is 8.42 Å². The number of ether oxygens (including phenoxy) is 2. The number of methoxy groups -OCH3 is 1. The van der Waals surface area contributed by atoms with E-state index < -0.39 is 21.9 Å². The molecule has 3 aromatic rings. The Morgan fingerprint density at radius 3 is 2.51 bits per heavy atom. The standard InChI is InChI=1S/C27H25N3O6S/c1-35-23-13-7-6-12-22(23)29(26-21-11-5-8-14-24(21)37(33,34)28-26)15-16-36-27(32)19-17-25(31)30(18-19)20-9-3-2-4-10-20/h2-14,19H,15-18H2,1H3/t19-/m1/s1. The summed E-state index contributed by atoms with van der Waals surface area (Å²) in [5.74, 6) is -0.461. The minimum Gasteiger partial charge on any atom is -0.495 e. The molecule has 9 nitrogen and oxygen atoms in total. The van der Waals surface area contributed by atoms with E-state index in [1.165, 1.54) is 13.2 Å². The van der Waals surface area contributed by atoms with E-state index in [1.54, 1.807) is 52.3 Å². The van der Waals surface area contributed by atoms with Crippen molar-refractivity contribution < 1.29 is 27.5 Å². The molecule has 3 aromatic carbocycles. The molecule has 37 heavy (non-hydrogen) atoms. The van der Waals surface area contributed by atoms with Crippen LogP contribution in [0.15, 0.2) is 88.2 Å². The van der Waals surface area contributed by atoms with Gasteiger partial charge in [-0.05, 0) is 36.4 Å². The topological polar surface area (TPSA) is 106 Å². The molecule has 0 spiro atoms. The van der Waals surface area contributed by atoms with E-state index in [0.29, 0.717) is 17.0 Å². The Bertz CT molecular complexity index is 1470. The number of sulfonamides is 1. The minimum absolute atomic E-state index is 0.0475. The molecule has 0 aromatic heterocycles. The van der Waals surface area contributed by atoms with E-state index in [4.69, 9.17) is 9.47 Å². The van der Waals surface area contributed by atoms with Crippen molar-refractivity contribution in [1.82, 2.24) is 0 Å². The summed E-state index contributed by atoms with van der Waals surface area (Å²) < 4.78 is 40.6. The van der Waals surface area contributed by atoms with E-state index in [2.05, 4.69) is 4.40 Å². The lowest BCUT2D eigenvalue weighted by molar-refractivity contribution is -0.148. The van der Waals surface area contributed by atoms with Crippen LogP contribution in [0.5, 0.6) is 5.75 Å². The fraction of sp³-hybridized carbons (Fsp3) is 0.222. The normalized spacial score (nSPS) is 17.8. The molecule has 1 amide bonds. The van der Waals surface area contributed by atoms with Crippen molar-refractivity contribution >= 4 is 39.1 Å². The molecule has 190 valence electrons. The predicted octanol–water partition coefficient (Wildman–Crippen LogP) is 3.25. The van der Waals surface area contributed by atoms with Crippen LogP contribution in [0.3, 0.4) is 0 Å². The van der Waals surface area contributed by atoms with E-state index in [0.717, 1.165) is 5.69 Å². The first kappa shape index (κ1) is 24.5. The number of hydrogen-bond donors (Lipinski definition) is 0. The number of anilines is 2. The van der Waals surface area contributed by atoms with Crippen molar-refractivity contribution in [3.05, 3.63) is 84.4 Å². The van der Waals surface area contributed by atoms with Gasteiger partial charge in [-0.25, -0.2) is 0 Å². The Kier molecular flexibility index (Phi) is 6.66. The SMILES string of the molecule is COc1ccccc1N(CCOC(=O)[C@@H]1CC(=O)N(c2ccccc2)C1)C1=NS(=O)(=O)c2ccccc21. The summed E-state index contributed by atoms with van der Waals surface area (Å²) >= 11 is 0. The number of benzene rings is 3. The maximum atomic E-state index is 12.9. The van der Waals surface area contributed by atoms with E-state index in [-0.39, 0.29) is 42.8 Å². The largest absolute Gasteiger partial charge is 0.495 e. The number of amidine groups is 1. The van der Waals surface area contributed by atoms with Crippen molar-refractivity contribution in [2.75, 3.05) is 36.6 Å². The molecule has 0 N–H and O–H groups in total. The molecule has 1 atom stereocenters. The summed E-state index contributed by atoms with van der Waals surface area (Å²) in [7, 11) is -2.34. The number of carbonyl (C=O) groups is 2. The average molecular weight is 520 g/mol. The molecule has 0 bridgehead atoms. The first-order chi connectivity index (χ1) is 17.9. The van der Waals surface area contributed by atoms with Gasteiger partial charge in [0.1, 0.15) is 17.3 Å². The van der Waals surface area contributed by atoms with Crippen LogP contribution in [0.1, 0.15) is 12.0 Å². The number of hydrogen-bond acceptors (Lipinski definition) is 7. The maximum Gasteiger partial charge on any atom is 0.311 e. The molecule has 2 aliphatic heterocycles. The molecule has 2 heterocycles. The Balaban J connectivity index is 1.34. The van der Waals surface area contributed by atoms with Crippen LogP contribution >= 0.6 is 0 Å². The smallest absolute Gasteiger partial charge is 0.311 e. The highest BCUT2D eigenvalue weighted by Crippen LogP contribution is 2.34. The quantitative estimate of drug-likeness (QED) is 0.441. The summed E-state index contributed by atoms with van der Waals surface area (Å²) in [5.41, 5.74) is 1.78. The number of amides is 1. The van der Waals surface area contributed by atoms with Gasteiger partial charge in [-0.1, -0.05) is 42.5 Å². The minimum atomic E-state index is -3.87. The molecule has 5 rings (SSSR count). The number of fused-ring (bicyclic) bond motifs is 1. The Morgan fingerprint density at radius 2 is 1.73 bits per heavy atom. The zero-order valence-electron chi connectivity index (χ0n) is 20.1. The van der Waals surface area contributed by atoms with Crippen molar-refractivity contribution in [2.24, 2.45) is 10.3 Å². The van der Waals surface area contributed by atoms with E-state index >= 15 is 0 Å². The molecular formula is C27H25N3O6S. The van der Waals surface area contributed by atoms with Crippen LogP contribution in [0.25, 0.3) is 0 Å². The maximum absolute atomic E-state index is 12.9. The van der Waals surface area contributed by atoms with Gasteiger partial charge < -0.3 is 19.3 Å². The highest BCUT2D eigenvalue weighted by Gasteiger charge is 2.37. The first-order valence-electron chi connectivity index (χ1n) is 11.8. The average Bonchev–Trinajstić information content (AvgIpc) is 3.44. The summed E-state index contributed by atoms with van der Waals surface area (Å²) in [6.07, 6.45) is 0.0717. The molecular weight excluding hydrogens is 494 g/mol. The number of carbonyl (C=O) groups excluding carboxylic acids is 2. The third-order valence-electron chi connectivity index (χ3n) is 6.33. The summed E-state index contributed by atoms with van der Waals surface area (Å²) in [5, 5.41) is 0. The molecule has 1 fully saturated rings. The number of esters is 1. The molecule has 0 unspecified atom stereocenters. The van der Waals surface area contributed by atoms with Gasteiger partial charge >= 0.3 is 5.97 Å². The van der Waals surface area contributed by atoms with Gasteiger partial charge in [-0.15, -0.1) is 4.40 Å². The van der Waals surface area contributed by atoms with Gasteiger partial charge in [0.2, 0.25) is 5.91 Å². The molecule has 1 saturated heterocycles. The molecule has 0 radical (unpaired) electrons. The highest BCUT2D eigenvalue weighted by atomic mass is 32.2. The summed E-state index contributed by atoms with van der Waals surface area (Å²) in [6, 6.07) is 22.9. The lowest BCUT2D eigenvalue weighted by atomic mass is 10.1. The van der Waals surface area contributed by atoms with Gasteiger partial charge in [-0.3, -0.25) is 9.59 Å². The second-order valence-electron chi connectivity index (χ2n) is 8.62. The third kappa shape index (κ3) is 4.79. The second-order valence-corrected chi connectivity index (χ2v) is 10.2. The lowest BCUT2D eigenvalue weighted by Gasteiger charge is -2.26. The van der Waals surface area contributed by atoms with Crippen LogP contribution in [0.4, 0.5) is 11.4 Å². The molecule has 0 saturated carbocycles. The highest BCUT2D eigenvalue weighted by molar-refractivity contribution is 7.90. The Hall–Kier alpha value is -4.18. The van der Waals surface area contributed by atoms with Crippen LogP contribution < -0.4 is 14.5 Å². The van der Waals surface area contributed by atoms with Crippen LogP contribution in [0.2, 0.25) is 0 Å². The van der Waals surface area contributed by atoms with Gasteiger partial charge in [0, 0.05) is 24.2 Å². The van der Waals surface area contributed by atoms with Crippen molar-refractivity contribution in [3.8, 4) is 5.75 Å². The van der Waals surface area contributed by atoms with Crippen molar-refractivity contribution in [2.45, 2.75) is 11.3 Å². The van der Waals surface area contributed by atoms with E-state index in [1.807, 2.05) is 30.3 Å². The van der Waals surface area contributed by atoms with Gasteiger partial charge in [0.15, 0.2) is 5.84 Å². The number of para-hydroxylation sites is 3. The summed E-state index contributed by atoms with van der Waals surface area (Å²) in [4.78, 5) is 28.7. The van der Waals surface area contributed by atoms with Gasteiger partial charge in [0.25, 0.3) is 10.0 Å². The van der Waals surface area contributed by atoms with Crippen LogP contribution in [0, 0.1) is 5.92 Å². The summed E-state index contributed by atoms with van der Waals surface area (Å²) in [6.45, 7) is 0.322. The predicted molar refractivity (Wildman–Crippen MR) is 138 cm³/mol. The van der Waals surface area contributed by atoms with E-state index in [9.17, 15) is 18.0 Å². The Morgan fingerprint density at radius 1 is 1.03 bits per heavy atom. The zero-order chi connectivity index (χ0) is 26.0. The molecule has 0 aliphatic carbocycles.